The quantitative estimate of drug-likeness (QED) is 0.166. The number of fused-ring (bicyclic) bond motifs is 1. The molecule has 17 heteroatoms. The van der Waals surface area contributed by atoms with Gasteiger partial charge in [-0.05, 0) is 29.8 Å². The van der Waals surface area contributed by atoms with Crippen molar-refractivity contribution in [2.45, 2.75) is 36.5 Å². The molecule has 0 saturated carbocycles. The Balaban J connectivity index is 1.50. The van der Waals surface area contributed by atoms with E-state index in [1.165, 1.54) is 33.1 Å². The number of carboxylic acids is 1. The monoisotopic (exact) mass is 539 g/mol. The molecule has 2 aliphatic rings. The molecule has 4 rings (SSSR count). The number of nitrogen functional groups attached to an aromatic ring is 1. The van der Waals surface area contributed by atoms with Gasteiger partial charge < -0.3 is 21.0 Å². The number of thiazole rings is 1. The van der Waals surface area contributed by atoms with Crippen LogP contribution in [0.4, 0.5) is 5.13 Å². The van der Waals surface area contributed by atoms with Crippen molar-refractivity contribution in [2.24, 2.45) is 12.2 Å². The predicted octanol–water partition coefficient (Wildman–Crippen LogP) is -0.0912. The topological polar surface area (TPSA) is 191 Å². The van der Waals surface area contributed by atoms with E-state index in [2.05, 4.69) is 31.0 Å². The number of nitrogens with one attached hydrogen (secondary N) is 1. The van der Waals surface area contributed by atoms with Gasteiger partial charge >= 0.3 is 5.97 Å². The van der Waals surface area contributed by atoms with Crippen molar-refractivity contribution in [3.05, 3.63) is 22.3 Å². The number of β-lactam (4-membered cyclic amide) rings is 1. The highest BCUT2D eigenvalue weighted by atomic mass is 32.2. The molecule has 0 aliphatic carbocycles. The van der Waals surface area contributed by atoms with Crippen LogP contribution in [0.1, 0.15) is 19.5 Å². The summed E-state index contributed by atoms with van der Waals surface area (Å²) in [6.45, 7) is 3.49. The fourth-order valence-electron chi connectivity index (χ4n) is 3.26. The second-order valence-electron chi connectivity index (χ2n) is 7.66. The van der Waals surface area contributed by atoms with Crippen molar-refractivity contribution < 1.29 is 24.3 Å². The standard InChI is InChI=1S/C18H21N9O5S3/c1-7(2)32-23-10(9-6-34-17(19)20-9)13(28)21-11-14(29)27-12(16(30)31)8(4-33-15(11)27)5-35-18-22-24-25-26(18)3/h6-7,11,15H,4-5H2,1-3H3,(H2,19,20)(H,21,28)(H,30,31)/b23-10-/t11?,15-/m1/s1. The van der Waals surface area contributed by atoms with E-state index in [1.54, 1.807) is 26.3 Å². The first-order valence-electron chi connectivity index (χ1n) is 10.2. The van der Waals surface area contributed by atoms with E-state index in [4.69, 9.17) is 10.6 Å². The molecule has 1 saturated heterocycles. The summed E-state index contributed by atoms with van der Waals surface area (Å²) in [7, 11) is 1.68. The molecule has 14 nitrogen and oxygen atoms in total. The first-order valence-corrected chi connectivity index (χ1v) is 13.1. The molecule has 186 valence electrons. The lowest BCUT2D eigenvalue weighted by molar-refractivity contribution is -0.150. The average Bonchev–Trinajstić information content (AvgIpc) is 3.42. The number of carbonyl (C=O) groups excluding carboxylic acids is 2. The summed E-state index contributed by atoms with van der Waals surface area (Å²) in [5.74, 6) is -1.76. The number of aryl methyl sites for hydroxylation is 1. The van der Waals surface area contributed by atoms with E-state index >= 15 is 0 Å². The highest BCUT2D eigenvalue weighted by Gasteiger charge is 2.54. The zero-order chi connectivity index (χ0) is 25.3. The summed E-state index contributed by atoms with van der Waals surface area (Å²) >= 11 is 3.77. The lowest BCUT2D eigenvalue weighted by Gasteiger charge is -2.49. The Hall–Kier alpha value is -3.18. The maximum Gasteiger partial charge on any atom is 0.352 e. The van der Waals surface area contributed by atoms with E-state index in [1.807, 2.05) is 0 Å². The van der Waals surface area contributed by atoms with Crippen molar-refractivity contribution in [3.8, 4) is 0 Å². The number of rotatable bonds is 9. The van der Waals surface area contributed by atoms with E-state index in [-0.39, 0.29) is 28.3 Å². The third-order valence-corrected chi connectivity index (χ3v) is 7.94. The molecule has 1 unspecified atom stereocenters. The van der Waals surface area contributed by atoms with Gasteiger partial charge in [-0.25, -0.2) is 14.5 Å². The lowest BCUT2D eigenvalue weighted by Crippen LogP contribution is -2.71. The molecule has 0 aromatic carbocycles. The summed E-state index contributed by atoms with van der Waals surface area (Å²) in [6.07, 6.45) is -0.291. The van der Waals surface area contributed by atoms with Crippen LogP contribution in [0.2, 0.25) is 0 Å². The maximum atomic E-state index is 13.0. The molecule has 2 aromatic heterocycles. The third-order valence-electron chi connectivity index (χ3n) is 4.83. The van der Waals surface area contributed by atoms with Gasteiger partial charge in [0.2, 0.25) is 5.16 Å². The molecule has 2 aliphatic heterocycles. The minimum Gasteiger partial charge on any atom is -0.477 e. The molecule has 35 heavy (non-hydrogen) atoms. The number of anilines is 1. The Bertz CT molecular complexity index is 1220. The molecule has 1 fully saturated rings. The second kappa shape index (κ2) is 10.2. The van der Waals surface area contributed by atoms with Crippen LogP contribution in [-0.4, -0.2) is 87.7 Å². The molecule has 2 amide bonds. The number of thioether (sulfide) groups is 2. The molecule has 0 bridgehead atoms. The van der Waals surface area contributed by atoms with Crippen LogP contribution < -0.4 is 11.1 Å². The van der Waals surface area contributed by atoms with Crippen molar-refractivity contribution in [1.82, 2.24) is 35.4 Å². The van der Waals surface area contributed by atoms with Crippen LogP contribution in [0, 0.1) is 0 Å². The zero-order valence-corrected chi connectivity index (χ0v) is 21.2. The predicted molar refractivity (Wildman–Crippen MR) is 128 cm³/mol. The minimum absolute atomic E-state index is 0.0869. The Morgan fingerprint density at radius 2 is 2.23 bits per heavy atom. The normalized spacial score (nSPS) is 20.1. The van der Waals surface area contributed by atoms with E-state index in [0.29, 0.717) is 22.2 Å². The number of nitrogens with zero attached hydrogens (tertiary/aromatic N) is 7. The number of nitrogens with two attached hydrogens (primary N) is 1. The molecule has 4 N–H and O–H groups in total. The van der Waals surface area contributed by atoms with Crippen LogP contribution in [0.25, 0.3) is 0 Å². The number of carboxylic acid groups (broad SMARTS) is 1. The van der Waals surface area contributed by atoms with Crippen molar-refractivity contribution in [1.29, 1.82) is 0 Å². The molecule has 0 spiro atoms. The fraction of sp³-hybridized carbons (Fsp3) is 0.444. The molecule has 2 aromatic rings. The van der Waals surface area contributed by atoms with Gasteiger partial charge in [-0.15, -0.1) is 28.2 Å². The van der Waals surface area contributed by atoms with Crippen LogP contribution >= 0.6 is 34.9 Å². The van der Waals surface area contributed by atoms with Crippen LogP contribution in [-0.2, 0) is 26.3 Å². The summed E-state index contributed by atoms with van der Waals surface area (Å²) < 4.78 is 1.48. The van der Waals surface area contributed by atoms with Crippen LogP contribution in [0.3, 0.4) is 0 Å². The molecular formula is C18H21N9O5S3. The zero-order valence-electron chi connectivity index (χ0n) is 18.7. The van der Waals surface area contributed by atoms with Crippen LogP contribution in [0.5, 0.6) is 0 Å². The number of aliphatic carboxylic acids is 1. The van der Waals surface area contributed by atoms with Gasteiger partial charge in [0.05, 0.1) is 0 Å². The number of tetrazole rings is 1. The molecular weight excluding hydrogens is 518 g/mol. The van der Waals surface area contributed by atoms with Crippen molar-refractivity contribution in [2.75, 3.05) is 17.2 Å². The summed E-state index contributed by atoms with van der Waals surface area (Å²) in [5.41, 5.74) is 6.25. The number of hydrogen-bond donors (Lipinski definition) is 3. The van der Waals surface area contributed by atoms with E-state index in [0.717, 1.165) is 11.3 Å². The van der Waals surface area contributed by atoms with Gasteiger partial charge in [0.15, 0.2) is 10.8 Å². The molecule has 0 radical (unpaired) electrons. The van der Waals surface area contributed by atoms with Gasteiger partial charge in [-0.1, -0.05) is 16.9 Å². The number of aromatic nitrogens is 5. The number of carbonyl (C=O) groups is 3. The Labute approximate surface area is 211 Å². The second-order valence-corrected chi connectivity index (χ2v) is 10.6. The van der Waals surface area contributed by atoms with Crippen LogP contribution in [0.15, 0.2) is 27.0 Å². The highest BCUT2D eigenvalue weighted by molar-refractivity contribution is 8.01. The van der Waals surface area contributed by atoms with Gasteiger partial charge in [0, 0.05) is 23.9 Å². The van der Waals surface area contributed by atoms with E-state index < -0.39 is 29.2 Å². The fourth-order valence-corrected chi connectivity index (χ4v) is 6.14. The first kappa shape index (κ1) is 24.9. The number of amides is 2. The van der Waals surface area contributed by atoms with Gasteiger partial charge in [0.25, 0.3) is 11.8 Å². The van der Waals surface area contributed by atoms with Crippen molar-refractivity contribution >= 4 is 63.5 Å². The Morgan fingerprint density at radius 3 is 2.83 bits per heavy atom. The third kappa shape index (κ3) is 5.10. The number of oxime groups is 1. The average molecular weight is 540 g/mol. The Morgan fingerprint density at radius 1 is 1.46 bits per heavy atom. The largest absolute Gasteiger partial charge is 0.477 e. The SMILES string of the molecule is CC(C)O/N=C(\C(=O)NC1C(=O)N2C(C(=O)O)=C(CSc3nnnn3C)CS[C@H]12)c1csc(N)n1. The highest BCUT2D eigenvalue weighted by Crippen LogP contribution is 2.41. The minimum atomic E-state index is -1.22. The lowest BCUT2D eigenvalue weighted by atomic mass is 10.0. The molecule has 2 atom stereocenters. The summed E-state index contributed by atoms with van der Waals surface area (Å²) in [4.78, 5) is 48.5. The Kier molecular flexibility index (Phi) is 7.27. The van der Waals surface area contributed by atoms with Gasteiger partial charge in [0.1, 0.15) is 28.9 Å². The van der Waals surface area contributed by atoms with Gasteiger partial charge in [-0.3, -0.25) is 14.5 Å². The summed E-state index contributed by atoms with van der Waals surface area (Å²) in [5, 5.41) is 29.3. The first-order chi connectivity index (χ1) is 16.7. The maximum absolute atomic E-state index is 13.0. The number of hydrogen-bond acceptors (Lipinski definition) is 13. The smallest absolute Gasteiger partial charge is 0.352 e. The van der Waals surface area contributed by atoms with E-state index in [9.17, 15) is 19.5 Å². The summed E-state index contributed by atoms with van der Waals surface area (Å²) in [6, 6.07) is -0.931. The molecule has 4 heterocycles. The van der Waals surface area contributed by atoms with Crippen molar-refractivity contribution in [3.63, 3.8) is 0 Å². The van der Waals surface area contributed by atoms with Gasteiger partial charge in [-0.2, -0.15) is 0 Å².